The maximum absolute atomic E-state index is 14.9. The van der Waals surface area contributed by atoms with Crippen LogP contribution in [-0.2, 0) is 4.74 Å². The van der Waals surface area contributed by atoms with Gasteiger partial charge in [-0.1, -0.05) is 11.3 Å². The third-order valence-electron chi connectivity index (χ3n) is 10.7. The predicted octanol–water partition coefficient (Wildman–Crippen LogP) is 3.65. The van der Waals surface area contributed by atoms with Crippen molar-refractivity contribution in [3.05, 3.63) is 34.4 Å². The number of nitrogen functional groups attached to an aromatic ring is 1. The molecular formula is C32H36F2N8O3S. The van der Waals surface area contributed by atoms with E-state index in [4.69, 9.17) is 25.2 Å². The number of nitrogens with one attached hydrogen (secondary N) is 1. The van der Waals surface area contributed by atoms with Crippen molar-refractivity contribution in [1.29, 1.82) is 0 Å². The van der Waals surface area contributed by atoms with Crippen molar-refractivity contribution in [2.24, 2.45) is 0 Å². The number of hydrogen-bond acceptors (Lipinski definition) is 11. The molecule has 9 rings (SSSR count). The van der Waals surface area contributed by atoms with E-state index in [9.17, 15) is 13.6 Å². The molecule has 0 amide bonds. The fourth-order valence-electron chi connectivity index (χ4n) is 8.37. The summed E-state index contributed by atoms with van der Waals surface area (Å²) >= 11 is 1.09. The molecule has 4 aliphatic heterocycles. The minimum Gasteiger partial charge on any atom is -0.461 e. The average molecular weight is 651 g/mol. The Hall–Kier alpha value is -3.46. The second-order valence-corrected chi connectivity index (χ2v) is 14.5. The lowest BCUT2D eigenvalue weighted by Crippen LogP contribution is -2.64. The average Bonchev–Trinajstić information content (AvgIpc) is 3.67. The number of pyridine rings is 1. The number of anilines is 2. The molecule has 5 aliphatic rings. The van der Waals surface area contributed by atoms with Crippen molar-refractivity contribution < 1.29 is 18.3 Å². The Morgan fingerprint density at radius 3 is 2.74 bits per heavy atom. The van der Waals surface area contributed by atoms with Crippen LogP contribution in [0.25, 0.3) is 32.4 Å². The van der Waals surface area contributed by atoms with Crippen LogP contribution in [0, 0.1) is 5.82 Å². The van der Waals surface area contributed by atoms with Crippen LogP contribution in [0.15, 0.2) is 23.0 Å². The maximum Gasteiger partial charge on any atom is 0.319 e. The first kappa shape index (κ1) is 28.7. The number of halogens is 2. The summed E-state index contributed by atoms with van der Waals surface area (Å²) < 4.78 is 44.0. The van der Waals surface area contributed by atoms with E-state index in [0.717, 1.165) is 50.0 Å². The van der Waals surface area contributed by atoms with Crippen LogP contribution in [0.5, 0.6) is 6.01 Å². The van der Waals surface area contributed by atoms with Gasteiger partial charge in [0.05, 0.1) is 52.3 Å². The van der Waals surface area contributed by atoms with Gasteiger partial charge in [-0.3, -0.25) is 9.69 Å². The van der Waals surface area contributed by atoms with Crippen LogP contribution in [0.1, 0.15) is 44.6 Å². The first-order valence-corrected chi connectivity index (χ1v) is 17.1. The number of nitrogens with two attached hydrogens (primary N) is 1. The van der Waals surface area contributed by atoms with Crippen LogP contribution in [0.4, 0.5) is 19.7 Å². The molecule has 0 spiro atoms. The number of piperazine rings is 1. The summed E-state index contributed by atoms with van der Waals surface area (Å²) in [6.45, 7) is 3.97. The fraction of sp³-hybridized carbons (Fsp3) is 0.562. The molecule has 0 radical (unpaired) electrons. The molecule has 1 aromatic carbocycles. The molecule has 11 nitrogen and oxygen atoms in total. The van der Waals surface area contributed by atoms with Gasteiger partial charge < -0.3 is 30.0 Å². The zero-order valence-electron chi connectivity index (χ0n) is 25.4. The van der Waals surface area contributed by atoms with Crippen molar-refractivity contribution in [3.8, 4) is 17.3 Å². The minimum absolute atomic E-state index is 0.0129. The van der Waals surface area contributed by atoms with E-state index in [1.54, 1.807) is 6.07 Å². The first-order chi connectivity index (χ1) is 22.4. The third-order valence-corrected chi connectivity index (χ3v) is 11.6. The Bertz CT molecular complexity index is 1890. The molecule has 14 heteroatoms. The lowest BCUT2D eigenvalue weighted by molar-refractivity contribution is 0.0522. The van der Waals surface area contributed by atoms with Gasteiger partial charge in [0.1, 0.15) is 29.8 Å². The molecule has 242 valence electrons. The van der Waals surface area contributed by atoms with E-state index in [2.05, 4.69) is 20.1 Å². The Balaban J connectivity index is 1.24. The number of alkyl halides is 1. The highest BCUT2D eigenvalue weighted by molar-refractivity contribution is 7.22. The molecule has 4 atom stereocenters. The van der Waals surface area contributed by atoms with Crippen molar-refractivity contribution in [1.82, 2.24) is 29.7 Å². The summed E-state index contributed by atoms with van der Waals surface area (Å²) in [4.78, 5) is 33.5. The van der Waals surface area contributed by atoms with E-state index in [1.165, 1.54) is 6.07 Å². The normalized spacial score (nSPS) is 28.2. The molecule has 7 heterocycles. The number of aromatic nitrogens is 4. The molecule has 1 aliphatic carbocycles. The highest BCUT2D eigenvalue weighted by Gasteiger charge is 2.49. The second kappa shape index (κ2) is 10.8. The largest absolute Gasteiger partial charge is 0.461 e. The predicted molar refractivity (Wildman–Crippen MR) is 172 cm³/mol. The van der Waals surface area contributed by atoms with E-state index in [1.807, 2.05) is 10.6 Å². The molecule has 3 N–H and O–H groups in total. The lowest BCUT2D eigenvalue weighted by Gasteiger charge is -2.47. The molecular weight excluding hydrogens is 614 g/mol. The Kier molecular flexibility index (Phi) is 6.74. The highest BCUT2D eigenvalue weighted by atomic mass is 32.1. The number of hydrogen-bond donors (Lipinski definition) is 2. The van der Waals surface area contributed by atoms with Crippen LogP contribution in [0.3, 0.4) is 0 Å². The number of ether oxygens (including phenoxy) is 2. The standard InChI is InChI=1S/C32H36F2N8O3S/c33-17-10-32(7-2-8-40(32)13-17)16-45-31-37-23-9-24(21-5-6-22(34)27-26(21)38-30(35)46-27)42(18-3-1-4-18)29(43)25(23)28(39-31)41-19-11-36-12-20(41)15-44-14-19/h5-6,9,17-20,36H,1-4,7-8,10-16H2,(H2,35,38)/t17-,19?,20?,32+/m1/s1. The van der Waals surface area contributed by atoms with Gasteiger partial charge in [0.25, 0.3) is 5.56 Å². The summed E-state index contributed by atoms with van der Waals surface area (Å²) in [5, 5.41) is 4.18. The van der Waals surface area contributed by atoms with Gasteiger partial charge >= 0.3 is 6.01 Å². The van der Waals surface area contributed by atoms with Crippen molar-refractivity contribution in [2.75, 3.05) is 56.6 Å². The number of morpholine rings is 1. The molecule has 2 unspecified atom stereocenters. The smallest absolute Gasteiger partial charge is 0.319 e. The van der Waals surface area contributed by atoms with E-state index >= 15 is 0 Å². The Morgan fingerprint density at radius 2 is 1.96 bits per heavy atom. The van der Waals surface area contributed by atoms with Crippen LogP contribution in [-0.4, -0.2) is 94.2 Å². The van der Waals surface area contributed by atoms with Gasteiger partial charge in [0.2, 0.25) is 0 Å². The fourth-order valence-corrected chi connectivity index (χ4v) is 9.14. The van der Waals surface area contributed by atoms with Crippen LogP contribution in [0.2, 0.25) is 0 Å². The first-order valence-electron chi connectivity index (χ1n) is 16.3. The monoisotopic (exact) mass is 650 g/mol. The van der Waals surface area contributed by atoms with Crippen LogP contribution >= 0.6 is 11.3 Å². The number of nitrogens with zero attached hydrogens (tertiary/aromatic N) is 6. The SMILES string of the molecule is Nc1nc2c(-c3cc4nc(OC[C@@]56CCCN5C[C@H](F)C6)nc(N5C6CNCC5COC6)c4c(=O)n3C3CCC3)ccc(F)c2s1. The van der Waals surface area contributed by atoms with Gasteiger partial charge in [-0.05, 0) is 56.8 Å². The molecule has 1 saturated carbocycles. The molecule has 3 aromatic heterocycles. The molecule has 4 saturated heterocycles. The summed E-state index contributed by atoms with van der Waals surface area (Å²) in [5.74, 6) is 0.143. The van der Waals surface area contributed by atoms with E-state index in [-0.39, 0.29) is 47.0 Å². The summed E-state index contributed by atoms with van der Waals surface area (Å²) in [6, 6.07) is 5.09. The molecule has 46 heavy (non-hydrogen) atoms. The van der Waals surface area contributed by atoms with Gasteiger partial charge in [0, 0.05) is 37.7 Å². The highest BCUT2D eigenvalue weighted by Crippen LogP contribution is 2.42. The zero-order chi connectivity index (χ0) is 31.2. The van der Waals surface area contributed by atoms with Gasteiger partial charge in [-0.15, -0.1) is 0 Å². The summed E-state index contributed by atoms with van der Waals surface area (Å²) in [7, 11) is 0. The number of rotatable bonds is 6. The van der Waals surface area contributed by atoms with E-state index in [0.29, 0.717) is 77.5 Å². The Labute approximate surface area is 267 Å². The topological polar surface area (TPSA) is 124 Å². The third kappa shape index (κ3) is 4.44. The molecule has 2 bridgehead atoms. The number of thiazole rings is 1. The van der Waals surface area contributed by atoms with Gasteiger partial charge in [0.15, 0.2) is 5.13 Å². The zero-order valence-corrected chi connectivity index (χ0v) is 26.2. The summed E-state index contributed by atoms with van der Waals surface area (Å²) in [6.07, 6.45) is 4.16. The van der Waals surface area contributed by atoms with Crippen molar-refractivity contribution in [3.63, 3.8) is 0 Å². The van der Waals surface area contributed by atoms with Crippen molar-refractivity contribution in [2.45, 2.75) is 68.4 Å². The van der Waals surface area contributed by atoms with Gasteiger partial charge in [-0.25, -0.2) is 13.8 Å². The number of fused-ring (bicyclic) bond motifs is 5. The molecule has 5 fully saturated rings. The second-order valence-electron chi connectivity index (χ2n) is 13.5. The quantitative estimate of drug-likeness (QED) is 0.320. The summed E-state index contributed by atoms with van der Waals surface area (Å²) in [5.41, 5.74) is 7.61. The minimum atomic E-state index is -0.878. The Morgan fingerprint density at radius 1 is 1.13 bits per heavy atom. The van der Waals surface area contributed by atoms with E-state index < -0.39 is 12.0 Å². The van der Waals surface area contributed by atoms with Crippen LogP contribution < -0.4 is 26.2 Å². The molecule has 4 aromatic rings. The maximum atomic E-state index is 14.9. The van der Waals surface area contributed by atoms with Gasteiger partial charge in [-0.2, -0.15) is 9.97 Å². The lowest BCUT2D eigenvalue weighted by atomic mass is 9.91. The van der Waals surface area contributed by atoms with Crippen molar-refractivity contribution >= 4 is 43.4 Å². The number of benzene rings is 1.